The molecule has 0 radical (unpaired) electrons. The van der Waals surface area contributed by atoms with E-state index in [0.717, 1.165) is 15.1 Å². The predicted octanol–water partition coefficient (Wildman–Crippen LogP) is 3.20. The van der Waals surface area contributed by atoms with Crippen LogP contribution in [0.5, 0.6) is 0 Å². The van der Waals surface area contributed by atoms with Gasteiger partial charge in [0, 0.05) is 24.1 Å². The number of carbonyl (C=O) groups excluding carboxylic acids is 3. The van der Waals surface area contributed by atoms with Crippen LogP contribution in [0, 0.1) is 0 Å². The molecule has 1 aromatic heterocycles. The number of nitrogens with zero attached hydrogens (tertiary/aromatic N) is 2. The highest BCUT2D eigenvalue weighted by Crippen LogP contribution is 2.25. The van der Waals surface area contributed by atoms with Crippen LogP contribution < -0.4 is 10.2 Å². The fourth-order valence-electron chi connectivity index (χ4n) is 2.79. The van der Waals surface area contributed by atoms with Crippen molar-refractivity contribution >= 4 is 50.6 Å². The minimum absolute atomic E-state index is 0.212. The summed E-state index contributed by atoms with van der Waals surface area (Å²) in [5, 5.41) is 2.83. The van der Waals surface area contributed by atoms with E-state index in [-0.39, 0.29) is 30.6 Å². The minimum Gasteiger partial charge on any atom is -0.322 e. The maximum absolute atomic E-state index is 12.5. The zero-order valence-electron chi connectivity index (χ0n) is 13.1. The van der Waals surface area contributed by atoms with Crippen LogP contribution in [0.4, 0.5) is 11.4 Å². The average molecular weight is 351 g/mol. The maximum Gasteiger partial charge on any atom is 0.255 e. The van der Waals surface area contributed by atoms with E-state index in [1.165, 1.54) is 11.3 Å². The van der Waals surface area contributed by atoms with Gasteiger partial charge in [-0.1, -0.05) is 6.07 Å². The molecule has 124 valence electrons. The summed E-state index contributed by atoms with van der Waals surface area (Å²) in [6, 6.07) is 12.0. The Labute approximate surface area is 147 Å². The summed E-state index contributed by atoms with van der Waals surface area (Å²) in [6.45, 7) is 0. The van der Waals surface area contributed by atoms with Crippen LogP contribution in [0.25, 0.3) is 10.2 Å². The standard InChI is InChI=1S/C18H13N3O3S/c22-16-6-7-17(23)21(16)13-3-1-2-11(8-13)18(24)20-12-4-5-14-15(9-12)25-10-19-14/h1-5,8-10H,6-7H2,(H,20,24). The largest absolute Gasteiger partial charge is 0.322 e. The summed E-state index contributed by atoms with van der Waals surface area (Å²) in [5.41, 5.74) is 4.12. The molecule has 25 heavy (non-hydrogen) atoms. The van der Waals surface area contributed by atoms with Gasteiger partial charge in [0.05, 0.1) is 21.4 Å². The lowest BCUT2D eigenvalue weighted by molar-refractivity contribution is -0.121. The molecule has 0 saturated carbocycles. The number of thiazole rings is 1. The highest BCUT2D eigenvalue weighted by atomic mass is 32.1. The maximum atomic E-state index is 12.5. The number of fused-ring (bicyclic) bond motifs is 1. The van der Waals surface area contributed by atoms with Crippen LogP contribution in [0.2, 0.25) is 0 Å². The second kappa shape index (κ2) is 6.10. The number of aromatic nitrogens is 1. The van der Waals surface area contributed by atoms with Crippen LogP contribution in [0.3, 0.4) is 0 Å². The zero-order chi connectivity index (χ0) is 17.4. The molecule has 3 aromatic rings. The summed E-state index contributed by atoms with van der Waals surface area (Å²) in [7, 11) is 0. The Kier molecular flexibility index (Phi) is 3.77. The summed E-state index contributed by atoms with van der Waals surface area (Å²) in [6.07, 6.45) is 0.425. The fraction of sp³-hybridized carbons (Fsp3) is 0.111. The number of hydrogen-bond acceptors (Lipinski definition) is 5. The van der Waals surface area contributed by atoms with Gasteiger partial charge in [-0.15, -0.1) is 11.3 Å². The Morgan fingerprint density at radius 1 is 1.08 bits per heavy atom. The molecule has 6 nitrogen and oxygen atoms in total. The molecule has 1 aliphatic rings. The monoisotopic (exact) mass is 351 g/mol. The quantitative estimate of drug-likeness (QED) is 0.735. The molecule has 7 heteroatoms. The third-order valence-electron chi connectivity index (χ3n) is 4.01. The van der Waals surface area contributed by atoms with E-state index in [2.05, 4.69) is 10.3 Å². The van der Waals surface area contributed by atoms with Gasteiger partial charge in [0.1, 0.15) is 0 Å². The minimum atomic E-state index is -0.301. The first-order chi connectivity index (χ1) is 12.1. The Morgan fingerprint density at radius 3 is 2.68 bits per heavy atom. The van der Waals surface area contributed by atoms with Crippen molar-refractivity contribution in [2.24, 2.45) is 0 Å². The predicted molar refractivity (Wildman–Crippen MR) is 95.7 cm³/mol. The molecule has 1 aliphatic heterocycles. The summed E-state index contributed by atoms with van der Waals surface area (Å²) in [4.78, 5) is 41.6. The molecule has 0 unspecified atom stereocenters. The molecule has 0 bridgehead atoms. The number of hydrogen-bond donors (Lipinski definition) is 1. The van der Waals surface area contributed by atoms with Crippen LogP contribution in [-0.2, 0) is 9.59 Å². The smallest absolute Gasteiger partial charge is 0.255 e. The second-order valence-corrected chi connectivity index (χ2v) is 6.55. The summed E-state index contributed by atoms with van der Waals surface area (Å²) < 4.78 is 0.986. The van der Waals surface area contributed by atoms with E-state index in [0.29, 0.717) is 16.9 Å². The highest BCUT2D eigenvalue weighted by Gasteiger charge is 2.30. The van der Waals surface area contributed by atoms with E-state index in [9.17, 15) is 14.4 Å². The van der Waals surface area contributed by atoms with Gasteiger partial charge in [-0.05, 0) is 36.4 Å². The van der Waals surface area contributed by atoms with Gasteiger partial charge in [-0.2, -0.15) is 0 Å². The number of nitrogens with one attached hydrogen (secondary N) is 1. The van der Waals surface area contributed by atoms with E-state index in [1.54, 1.807) is 35.8 Å². The average Bonchev–Trinajstić information content (AvgIpc) is 3.21. The lowest BCUT2D eigenvalue weighted by atomic mass is 10.1. The van der Waals surface area contributed by atoms with Crippen molar-refractivity contribution in [2.45, 2.75) is 12.8 Å². The number of amides is 3. The molecule has 4 rings (SSSR count). The van der Waals surface area contributed by atoms with Crippen molar-refractivity contribution in [3.63, 3.8) is 0 Å². The van der Waals surface area contributed by atoms with Crippen LogP contribution in [-0.4, -0.2) is 22.7 Å². The Bertz CT molecular complexity index is 995. The van der Waals surface area contributed by atoms with Crippen molar-refractivity contribution in [2.75, 3.05) is 10.2 Å². The number of benzene rings is 2. The zero-order valence-corrected chi connectivity index (χ0v) is 13.9. The molecular formula is C18H13N3O3S. The highest BCUT2D eigenvalue weighted by molar-refractivity contribution is 7.16. The van der Waals surface area contributed by atoms with Gasteiger partial charge in [0.25, 0.3) is 5.91 Å². The normalized spacial score (nSPS) is 14.3. The lowest BCUT2D eigenvalue weighted by Gasteiger charge is -2.14. The van der Waals surface area contributed by atoms with Crippen molar-refractivity contribution in [3.05, 3.63) is 53.5 Å². The first-order valence-electron chi connectivity index (χ1n) is 7.72. The molecule has 0 spiro atoms. The van der Waals surface area contributed by atoms with Crippen molar-refractivity contribution in [1.82, 2.24) is 4.98 Å². The van der Waals surface area contributed by atoms with Gasteiger partial charge in [0.2, 0.25) is 11.8 Å². The van der Waals surface area contributed by atoms with Crippen molar-refractivity contribution < 1.29 is 14.4 Å². The van der Waals surface area contributed by atoms with E-state index >= 15 is 0 Å². The number of imide groups is 1. The van der Waals surface area contributed by atoms with E-state index < -0.39 is 0 Å². The lowest BCUT2D eigenvalue weighted by Crippen LogP contribution is -2.28. The molecule has 3 amide bonds. The van der Waals surface area contributed by atoms with Crippen LogP contribution >= 0.6 is 11.3 Å². The summed E-state index contributed by atoms with van der Waals surface area (Å²) in [5.74, 6) is -0.777. The molecule has 1 fully saturated rings. The molecule has 1 N–H and O–H groups in total. The van der Waals surface area contributed by atoms with Gasteiger partial charge >= 0.3 is 0 Å². The molecule has 0 atom stereocenters. The Balaban J connectivity index is 1.58. The first kappa shape index (κ1) is 15.5. The Morgan fingerprint density at radius 2 is 1.88 bits per heavy atom. The van der Waals surface area contributed by atoms with Gasteiger partial charge in [-0.3, -0.25) is 19.3 Å². The van der Waals surface area contributed by atoms with E-state index in [4.69, 9.17) is 0 Å². The summed E-state index contributed by atoms with van der Waals surface area (Å²) >= 11 is 1.50. The number of carbonyl (C=O) groups is 3. The second-order valence-electron chi connectivity index (χ2n) is 5.66. The van der Waals surface area contributed by atoms with Gasteiger partial charge in [0.15, 0.2) is 0 Å². The van der Waals surface area contributed by atoms with Gasteiger partial charge in [-0.25, -0.2) is 4.98 Å². The third kappa shape index (κ3) is 2.89. The van der Waals surface area contributed by atoms with Crippen molar-refractivity contribution in [3.8, 4) is 0 Å². The van der Waals surface area contributed by atoms with Crippen molar-refractivity contribution in [1.29, 1.82) is 0 Å². The Hall–Kier alpha value is -3.06. The SMILES string of the molecule is O=C(Nc1ccc2ncsc2c1)c1cccc(N2C(=O)CCC2=O)c1. The molecule has 0 aliphatic carbocycles. The van der Waals surface area contributed by atoms with Crippen LogP contribution in [0.1, 0.15) is 23.2 Å². The third-order valence-corrected chi connectivity index (χ3v) is 4.80. The number of rotatable bonds is 3. The molecule has 2 aromatic carbocycles. The topological polar surface area (TPSA) is 79.4 Å². The van der Waals surface area contributed by atoms with Gasteiger partial charge < -0.3 is 5.32 Å². The molecular weight excluding hydrogens is 338 g/mol. The molecule has 2 heterocycles. The first-order valence-corrected chi connectivity index (χ1v) is 8.60. The fourth-order valence-corrected chi connectivity index (χ4v) is 3.50. The van der Waals surface area contributed by atoms with Crippen LogP contribution in [0.15, 0.2) is 48.0 Å². The molecule has 1 saturated heterocycles. The number of anilines is 2. The van der Waals surface area contributed by atoms with E-state index in [1.807, 2.05) is 12.1 Å².